The molecule has 0 N–H and O–H groups in total. The molecule has 1 aromatic rings. The maximum Gasteiger partial charge on any atom is 0.289 e. The minimum absolute atomic E-state index is 0.0401. The maximum atomic E-state index is 12.1. The molecule has 17 heavy (non-hydrogen) atoms. The van der Waals surface area contributed by atoms with Crippen molar-refractivity contribution in [2.24, 2.45) is 0 Å². The quantitative estimate of drug-likeness (QED) is 0.759. The van der Waals surface area contributed by atoms with E-state index in [0.29, 0.717) is 11.5 Å². The smallest absolute Gasteiger partial charge is 0.289 e. The Morgan fingerprint density at radius 1 is 1.35 bits per heavy atom. The molecule has 0 bridgehead atoms. The summed E-state index contributed by atoms with van der Waals surface area (Å²) >= 11 is 5.90. The highest BCUT2D eigenvalue weighted by molar-refractivity contribution is 6.20. The third-order valence-electron chi connectivity index (χ3n) is 3.02. The summed E-state index contributed by atoms with van der Waals surface area (Å²) in [5.74, 6) is 0.989. The van der Waals surface area contributed by atoms with Gasteiger partial charge in [0.1, 0.15) is 5.76 Å². The highest BCUT2D eigenvalue weighted by Gasteiger charge is 2.23. The van der Waals surface area contributed by atoms with E-state index in [1.165, 1.54) is 0 Å². The van der Waals surface area contributed by atoms with E-state index in [9.17, 15) is 4.79 Å². The third-order valence-corrected chi connectivity index (χ3v) is 3.24. The van der Waals surface area contributed by atoms with Gasteiger partial charge in [-0.2, -0.15) is 0 Å². The first-order chi connectivity index (χ1) is 8.08. The Morgan fingerprint density at radius 3 is 2.53 bits per heavy atom. The van der Waals surface area contributed by atoms with Crippen molar-refractivity contribution in [2.75, 3.05) is 33.2 Å². The van der Waals surface area contributed by atoms with Gasteiger partial charge in [0.05, 0.1) is 5.38 Å². The van der Waals surface area contributed by atoms with Crippen molar-refractivity contribution in [3.05, 3.63) is 23.7 Å². The second-order valence-electron chi connectivity index (χ2n) is 4.41. The fourth-order valence-corrected chi connectivity index (χ4v) is 1.96. The van der Waals surface area contributed by atoms with E-state index in [4.69, 9.17) is 16.0 Å². The van der Waals surface area contributed by atoms with Gasteiger partial charge in [0.2, 0.25) is 0 Å². The molecular formula is C12H17ClN2O2. The van der Waals surface area contributed by atoms with Crippen LogP contribution in [0.3, 0.4) is 0 Å². The molecule has 0 aliphatic carbocycles. The predicted molar refractivity (Wildman–Crippen MR) is 66.4 cm³/mol. The zero-order valence-electron chi connectivity index (χ0n) is 10.1. The maximum absolute atomic E-state index is 12.1. The van der Waals surface area contributed by atoms with Gasteiger partial charge in [-0.15, -0.1) is 11.6 Å². The summed E-state index contributed by atoms with van der Waals surface area (Å²) in [6, 6.07) is 3.47. The van der Waals surface area contributed by atoms with E-state index < -0.39 is 0 Å². The monoisotopic (exact) mass is 256 g/mol. The lowest BCUT2D eigenvalue weighted by atomic mass is 10.3. The molecular weight excluding hydrogens is 240 g/mol. The third kappa shape index (κ3) is 2.82. The minimum atomic E-state index is -0.205. The Bertz CT molecular complexity index is 395. The van der Waals surface area contributed by atoms with Gasteiger partial charge < -0.3 is 14.2 Å². The molecule has 2 heterocycles. The Balaban J connectivity index is 2.03. The first kappa shape index (κ1) is 12.5. The number of amides is 1. The van der Waals surface area contributed by atoms with Crippen LogP contribution in [0.2, 0.25) is 0 Å². The van der Waals surface area contributed by atoms with Crippen molar-refractivity contribution >= 4 is 17.5 Å². The summed E-state index contributed by atoms with van der Waals surface area (Å²) in [7, 11) is 2.06. The highest BCUT2D eigenvalue weighted by atomic mass is 35.5. The van der Waals surface area contributed by atoms with Crippen LogP contribution >= 0.6 is 11.6 Å². The van der Waals surface area contributed by atoms with Crippen molar-refractivity contribution in [3.8, 4) is 0 Å². The van der Waals surface area contributed by atoms with E-state index in [0.717, 1.165) is 26.2 Å². The topological polar surface area (TPSA) is 36.7 Å². The lowest BCUT2D eigenvalue weighted by molar-refractivity contribution is 0.0631. The van der Waals surface area contributed by atoms with Crippen LogP contribution in [0.5, 0.6) is 0 Å². The van der Waals surface area contributed by atoms with Crippen LogP contribution in [0.1, 0.15) is 28.6 Å². The standard InChI is InChI=1S/C12H17ClN2O2/c1-9(13)10-3-4-11(17-10)12(16)15-7-5-14(2)6-8-15/h3-4,9H,5-8H2,1-2H3. The van der Waals surface area contributed by atoms with E-state index in [1.807, 2.05) is 11.8 Å². The number of rotatable bonds is 2. The van der Waals surface area contributed by atoms with Crippen LogP contribution in [0.15, 0.2) is 16.5 Å². The van der Waals surface area contributed by atoms with Crippen molar-refractivity contribution in [3.63, 3.8) is 0 Å². The highest BCUT2D eigenvalue weighted by Crippen LogP contribution is 2.22. The number of alkyl halides is 1. The number of carbonyl (C=O) groups excluding carboxylic acids is 1. The molecule has 0 radical (unpaired) electrons. The first-order valence-electron chi connectivity index (χ1n) is 5.79. The predicted octanol–water partition coefficient (Wildman–Crippen LogP) is 1.97. The van der Waals surface area contributed by atoms with Gasteiger partial charge in [-0.3, -0.25) is 4.79 Å². The molecule has 1 unspecified atom stereocenters. The Kier molecular flexibility index (Phi) is 3.74. The number of halogens is 1. The second-order valence-corrected chi connectivity index (χ2v) is 5.07. The van der Waals surface area contributed by atoms with Gasteiger partial charge in [-0.1, -0.05) is 0 Å². The molecule has 94 valence electrons. The van der Waals surface area contributed by atoms with Gasteiger partial charge in [-0.05, 0) is 26.1 Å². The van der Waals surface area contributed by atoms with Crippen LogP contribution < -0.4 is 0 Å². The number of nitrogens with zero attached hydrogens (tertiary/aromatic N) is 2. The first-order valence-corrected chi connectivity index (χ1v) is 6.23. The van der Waals surface area contributed by atoms with Crippen molar-refractivity contribution < 1.29 is 9.21 Å². The fraction of sp³-hybridized carbons (Fsp3) is 0.583. The molecule has 5 heteroatoms. The van der Waals surface area contributed by atoms with Crippen molar-refractivity contribution in [1.29, 1.82) is 0 Å². The zero-order valence-corrected chi connectivity index (χ0v) is 10.9. The molecule has 1 atom stereocenters. The number of hydrogen-bond donors (Lipinski definition) is 0. The summed E-state index contributed by atoms with van der Waals surface area (Å²) < 4.78 is 5.45. The van der Waals surface area contributed by atoms with Crippen LogP contribution in [0.4, 0.5) is 0 Å². The fourth-order valence-electron chi connectivity index (χ4n) is 1.85. The number of carbonyl (C=O) groups is 1. The average molecular weight is 257 g/mol. The zero-order chi connectivity index (χ0) is 12.4. The molecule has 4 nitrogen and oxygen atoms in total. The minimum Gasteiger partial charge on any atom is -0.454 e. The lowest BCUT2D eigenvalue weighted by Gasteiger charge is -2.31. The van der Waals surface area contributed by atoms with Crippen LogP contribution in [-0.4, -0.2) is 48.9 Å². The van der Waals surface area contributed by atoms with Crippen LogP contribution in [0, 0.1) is 0 Å². The molecule has 1 aromatic heterocycles. The van der Waals surface area contributed by atoms with Gasteiger partial charge in [0, 0.05) is 26.2 Å². The number of furan rings is 1. The van der Waals surface area contributed by atoms with Crippen LogP contribution in [0.25, 0.3) is 0 Å². The van der Waals surface area contributed by atoms with Gasteiger partial charge >= 0.3 is 0 Å². The Labute approximate surface area is 106 Å². The normalized spacial score (nSPS) is 19.4. The van der Waals surface area contributed by atoms with Crippen molar-refractivity contribution in [2.45, 2.75) is 12.3 Å². The molecule has 1 saturated heterocycles. The molecule has 0 spiro atoms. The number of piperazine rings is 1. The summed E-state index contributed by atoms with van der Waals surface area (Å²) in [6.45, 7) is 5.14. The summed E-state index contributed by atoms with van der Waals surface area (Å²) in [5, 5.41) is -0.205. The van der Waals surface area contributed by atoms with Gasteiger partial charge in [0.25, 0.3) is 5.91 Å². The summed E-state index contributed by atoms with van der Waals surface area (Å²) in [4.78, 5) is 16.1. The SMILES string of the molecule is CC(Cl)c1ccc(C(=O)N2CCN(C)CC2)o1. The Morgan fingerprint density at radius 2 is 2.00 bits per heavy atom. The molecule has 0 saturated carbocycles. The summed E-state index contributed by atoms with van der Waals surface area (Å²) in [6.07, 6.45) is 0. The molecule has 1 aliphatic rings. The molecule has 1 amide bonds. The largest absolute Gasteiger partial charge is 0.454 e. The number of likely N-dealkylation sites (N-methyl/N-ethyl adjacent to an activating group) is 1. The van der Waals surface area contributed by atoms with Crippen LogP contribution in [-0.2, 0) is 0 Å². The van der Waals surface area contributed by atoms with Gasteiger partial charge in [-0.25, -0.2) is 0 Å². The van der Waals surface area contributed by atoms with E-state index >= 15 is 0 Å². The lowest BCUT2D eigenvalue weighted by Crippen LogP contribution is -2.47. The Hall–Kier alpha value is -1.00. The van der Waals surface area contributed by atoms with Gasteiger partial charge in [0.15, 0.2) is 5.76 Å². The molecule has 1 aliphatic heterocycles. The van der Waals surface area contributed by atoms with E-state index in [-0.39, 0.29) is 11.3 Å². The molecule has 1 fully saturated rings. The van der Waals surface area contributed by atoms with E-state index in [1.54, 1.807) is 12.1 Å². The second kappa shape index (κ2) is 5.10. The van der Waals surface area contributed by atoms with E-state index in [2.05, 4.69) is 11.9 Å². The summed E-state index contributed by atoms with van der Waals surface area (Å²) in [5.41, 5.74) is 0. The average Bonchev–Trinajstić information content (AvgIpc) is 2.78. The molecule has 0 aromatic carbocycles. The number of hydrogen-bond acceptors (Lipinski definition) is 3. The molecule has 2 rings (SSSR count). The van der Waals surface area contributed by atoms with Crippen molar-refractivity contribution in [1.82, 2.24) is 9.80 Å².